The largest absolute Gasteiger partial charge is 0.365 e. The predicted molar refractivity (Wildman–Crippen MR) is 56.6 cm³/mol. The summed E-state index contributed by atoms with van der Waals surface area (Å²) in [5.74, 6) is 1.68. The van der Waals surface area contributed by atoms with Crippen LogP contribution in [0, 0.1) is 5.92 Å². The van der Waals surface area contributed by atoms with Gasteiger partial charge in [0, 0.05) is 19.5 Å². The zero-order valence-corrected chi connectivity index (χ0v) is 8.66. The Labute approximate surface area is 87.8 Å². The Kier molecular flexibility index (Phi) is 1.74. The van der Waals surface area contributed by atoms with Crippen molar-refractivity contribution in [3.05, 3.63) is 6.20 Å². The van der Waals surface area contributed by atoms with Gasteiger partial charge in [0.25, 0.3) is 0 Å². The molecule has 1 unspecified atom stereocenters. The van der Waals surface area contributed by atoms with E-state index in [4.69, 9.17) is 0 Å². The molecule has 2 N–H and O–H groups in total. The lowest BCUT2D eigenvalue weighted by Gasteiger charge is -2.15. The smallest absolute Gasteiger partial charge is 0.226 e. The topological polar surface area (TPSA) is 59.0 Å². The number of amides is 1. The number of hydrogen-bond donors (Lipinski definition) is 2. The standard InChI is InChI=1S/C10H14N4O/c1-14-10-8(5-11-14)12-9(15)4-7(13-10)6-2-3-6/h5-7,13H,2-4H2,1H3,(H,12,15). The van der Waals surface area contributed by atoms with Crippen molar-refractivity contribution in [3.63, 3.8) is 0 Å². The van der Waals surface area contributed by atoms with Crippen molar-refractivity contribution in [2.24, 2.45) is 13.0 Å². The molecule has 1 saturated carbocycles. The van der Waals surface area contributed by atoms with Gasteiger partial charge in [-0.3, -0.25) is 9.48 Å². The van der Waals surface area contributed by atoms with Crippen LogP contribution in [-0.4, -0.2) is 21.7 Å². The molecule has 0 aromatic carbocycles. The monoisotopic (exact) mass is 206 g/mol. The Balaban J connectivity index is 1.94. The molecule has 0 saturated heterocycles. The van der Waals surface area contributed by atoms with Crippen molar-refractivity contribution in [2.75, 3.05) is 10.6 Å². The molecule has 3 rings (SSSR count). The highest BCUT2D eigenvalue weighted by atomic mass is 16.1. The van der Waals surface area contributed by atoms with E-state index in [1.54, 1.807) is 10.9 Å². The molecule has 0 spiro atoms. The van der Waals surface area contributed by atoms with Crippen LogP contribution in [0.3, 0.4) is 0 Å². The Morgan fingerprint density at radius 1 is 1.53 bits per heavy atom. The minimum absolute atomic E-state index is 0.0890. The van der Waals surface area contributed by atoms with Gasteiger partial charge < -0.3 is 10.6 Å². The van der Waals surface area contributed by atoms with E-state index in [2.05, 4.69) is 15.7 Å². The Bertz CT molecular complexity index is 408. The van der Waals surface area contributed by atoms with Gasteiger partial charge in [0.15, 0.2) is 0 Å². The van der Waals surface area contributed by atoms with Crippen molar-refractivity contribution in [1.82, 2.24) is 9.78 Å². The lowest BCUT2D eigenvalue weighted by Crippen LogP contribution is -2.25. The molecule has 5 heteroatoms. The molecule has 15 heavy (non-hydrogen) atoms. The molecule has 5 nitrogen and oxygen atoms in total. The van der Waals surface area contributed by atoms with Crippen molar-refractivity contribution >= 4 is 17.4 Å². The number of nitrogens with zero attached hydrogens (tertiary/aromatic N) is 2. The van der Waals surface area contributed by atoms with E-state index in [-0.39, 0.29) is 11.9 Å². The highest BCUT2D eigenvalue weighted by Crippen LogP contribution is 2.38. The third-order valence-corrected chi connectivity index (χ3v) is 3.13. The number of rotatable bonds is 1. The zero-order chi connectivity index (χ0) is 10.4. The van der Waals surface area contributed by atoms with Gasteiger partial charge in [0.05, 0.1) is 6.20 Å². The van der Waals surface area contributed by atoms with Crippen molar-refractivity contribution in [3.8, 4) is 0 Å². The molecule has 2 heterocycles. The van der Waals surface area contributed by atoms with Crippen molar-refractivity contribution in [1.29, 1.82) is 0 Å². The maximum Gasteiger partial charge on any atom is 0.226 e. The number of carbonyl (C=O) groups excluding carboxylic acids is 1. The highest BCUT2D eigenvalue weighted by Gasteiger charge is 2.35. The van der Waals surface area contributed by atoms with Crippen LogP contribution >= 0.6 is 0 Å². The first-order valence-electron chi connectivity index (χ1n) is 5.32. The van der Waals surface area contributed by atoms with Gasteiger partial charge in [-0.2, -0.15) is 5.10 Å². The lowest BCUT2D eigenvalue weighted by atomic mass is 10.1. The van der Waals surface area contributed by atoms with Crippen LogP contribution in [0.25, 0.3) is 0 Å². The van der Waals surface area contributed by atoms with E-state index >= 15 is 0 Å². The predicted octanol–water partition coefficient (Wildman–Crippen LogP) is 0.953. The van der Waals surface area contributed by atoms with Gasteiger partial charge in [-0.15, -0.1) is 0 Å². The summed E-state index contributed by atoms with van der Waals surface area (Å²) in [6.45, 7) is 0. The fraction of sp³-hybridized carbons (Fsp3) is 0.600. The summed E-state index contributed by atoms with van der Waals surface area (Å²) >= 11 is 0. The first-order valence-corrected chi connectivity index (χ1v) is 5.32. The summed E-state index contributed by atoms with van der Waals surface area (Å²) < 4.78 is 1.77. The minimum Gasteiger partial charge on any atom is -0.365 e. The first-order chi connectivity index (χ1) is 7.24. The number of aromatic nitrogens is 2. The second-order valence-corrected chi connectivity index (χ2v) is 4.37. The molecule has 1 aliphatic carbocycles. The molecule has 1 aliphatic heterocycles. The van der Waals surface area contributed by atoms with Crippen molar-refractivity contribution in [2.45, 2.75) is 25.3 Å². The van der Waals surface area contributed by atoms with Crippen LogP contribution in [0.15, 0.2) is 6.20 Å². The average Bonchev–Trinajstić information content (AvgIpc) is 2.97. The lowest BCUT2D eigenvalue weighted by molar-refractivity contribution is -0.116. The summed E-state index contributed by atoms with van der Waals surface area (Å²) in [6, 6.07) is 0.279. The van der Waals surface area contributed by atoms with E-state index in [0.29, 0.717) is 12.3 Å². The Morgan fingerprint density at radius 2 is 2.33 bits per heavy atom. The van der Waals surface area contributed by atoms with Crippen LogP contribution in [0.4, 0.5) is 11.5 Å². The fourth-order valence-corrected chi connectivity index (χ4v) is 2.11. The summed E-state index contributed by atoms with van der Waals surface area (Å²) in [6.07, 6.45) is 4.73. The molecule has 1 aromatic heterocycles. The molecule has 1 fully saturated rings. The molecule has 1 amide bonds. The van der Waals surface area contributed by atoms with E-state index in [1.807, 2.05) is 7.05 Å². The second-order valence-electron chi connectivity index (χ2n) is 4.37. The van der Waals surface area contributed by atoms with Gasteiger partial charge in [0.2, 0.25) is 5.91 Å². The number of nitrogens with one attached hydrogen (secondary N) is 2. The van der Waals surface area contributed by atoms with Gasteiger partial charge in [-0.1, -0.05) is 0 Å². The molecular formula is C10H14N4O. The zero-order valence-electron chi connectivity index (χ0n) is 8.66. The van der Waals surface area contributed by atoms with E-state index in [0.717, 1.165) is 11.5 Å². The van der Waals surface area contributed by atoms with Crippen LogP contribution in [-0.2, 0) is 11.8 Å². The van der Waals surface area contributed by atoms with Crippen LogP contribution in [0.1, 0.15) is 19.3 Å². The van der Waals surface area contributed by atoms with Gasteiger partial charge in [-0.25, -0.2) is 0 Å². The van der Waals surface area contributed by atoms with Crippen molar-refractivity contribution < 1.29 is 4.79 Å². The summed E-state index contributed by atoms with van der Waals surface area (Å²) in [5.41, 5.74) is 0.797. The Morgan fingerprint density at radius 3 is 3.07 bits per heavy atom. The minimum atomic E-state index is 0.0890. The summed E-state index contributed by atoms with van der Waals surface area (Å²) in [4.78, 5) is 11.6. The number of aryl methyl sites for hydroxylation is 1. The molecule has 1 aromatic rings. The Hall–Kier alpha value is -1.52. The quantitative estimate of drug-likeness (QED) is 0.719. The molecule has 0 bridgehead atoms. The summed E-state index contributed by atoms with van der Waals surface area (Å²) in [7, 11) is 1.88. The number of fused-ring (bicyclic) bond motifs is 1. The van der Waals surface area contributed by atoms with E-state index in [9.17, 15) is 4.79 Å². The van der Waals surface area contributed by atoms with Gasteiger partial charge >= 0.3 is 0 Å². The van der Waals surface area contributed by atoms with Gasteiger partial charge in [-0.05, 0) is 18.8 Å². The SMILES string of the molecule is Cn1ncc2c1NC(C1CC1)CC(=O)N2. The number of hydrogen-bond acceptors (Lipinski definition) is 3. The molecule has 80 valence electrons. The molecular weight excluding hydrogens is 192 g/mol. The van der Waals surface area contributed by atoms with Crippen LogP contribution in [0.2, 0.25) is 0 Å². The average molecular weight is 206 g/mol. The number of anilines is 2. The summed E-state index contributed by atoms with van der Waals surface area (Å²) in [5, 5.41) is 10.4. The molecule has 1 atom stereocenters. The highest BCUT2D eigenvalue weighted by molar-refractivity contribution is 5.95. The maximum absolute atomic E-state index is 11.6. The maximum atomic E-state index is 11.6. The third kappa shape index (κ3) is 1.48. The van der Waals surface area contributed by atoms with Crippen LogP contribution in [0.5, 0.6) is 0 Å². The van der Waals surface area contributed by atoms with Crippen LogP contribution < -0.4 is 10.6 Å². The van der Waals surface area contributed by atoms with E-state index < -0.39 is 0 Å². The third-order valence-electron chi connectivity index (χ3n) is 3.13. The molecule has 2 aliphatic rings. The molecule has 0 radical (unpaired) electrons. The second kappa shape index (κ2) is 2.98. The normalized spacial score (nSPS) is 25.1. The van der Waals surface area contributed by atoms with Gasteiger partial charge in [0.1, 0.15) is 11.5 Å². The number of carbonyl (C=O) groups is 1. The fourth-order valence-electron chi connectivity index (χ4n) is 2.11. The first kappa shape index (κ1) is 8.76. The van der Waals surface area contributed by atoms with E-state index in [1.165, 1.54) is 12.8 Å².